The summed E-state index contributed by atoms with van der Waals surface area (Å²) in [7, 11) is -3.68. The summed E-state index contributed by atoms with van der Waals surface area (Å²) in [5.41, 5.74) is -0.550. The van der Waals surface area contributed by atoms with Crippen molar-refractivity contribution in [1.29, 1.82) is 0 Å². The molecule has 8 heteroatoms. The Kier molecular flexibility index (Phi) is 17.3. The van der Waals surface area contributed by atoms with E-state index in [4.69, 9.17) is 4.74 Å². The number of carbonyl (C=O) groups excluding carboxylic acids is 1. The van der Waals surface area contributed by atoms with E-state index in [1.54, 1.807) is 33.1 Å². The summed E-state index contributed by atoms with van der Waals surface area (Å²) in [5, 5.41) is 0. The van der Waals surface area contributed by atoms with E-state index in [-0.39, 0.29) is 11.0 Å². The highest BCUT2D eigenvalue weighted by Gasteiger charge is 2.50. The van der Waals surface area contributed by atoms with Gasteiger partial charge in [0.05, 0.1) is 9.78 Å². The van der Waals surface area contributed by atoms with E-state index in [0.717, 1.165) is 5.75 Å². The summed E-state index contributed by atoms with van der Waals surface area (Å²) in [4.78, 5) is 13.7. The molecule has 0 aromatic heterocycles. The molecular weight excluding hydrogens is 468 g/mol. The van der Waals surface area contributed by atoms with E-state index >= 15 is 0 Å². The Balaban J connectivity index is 0. The van der Waals surface area contributed by atoms with Gasteiger partial charge >= 0.3 is 6.09 Å². The second-order valence-corrected chi connectivity index (χ2v) is 11.1. The first-order valence-corrected chi connectivity index (χ1v) is 14.7. The fraction of sp³-hybridized carbons (Fsp3) is 0.654. The standard InChI is InChI=1S/C20H30N2O4S2.3C2H6/c1-6-8-10-17(9-7-2)28(24,25)22-15-16-27-20(22)11-13-21(14-12-20)18(23)26-19(3,4)5;3*1-2/h6-10H,1-2,11-16H2,3-5H3;3*1-2H3/b10-8-,17-9+;;;. The fourth-order valence-corrected chi connectivity index (χ4v) is 6.98. The van der Waals surface area contributed by atoms with Crippen molar-refractivity contribution < 1.29 is 17.9 Å². The van der Waals surface area contributed by atoms with Crippen molar-refractivity contribution >= 4 is 27.9 Å². The second-order valence-electron chi connectivity index (χ2n) is 7.74. The van der Waals surface area contributed by atoms with E-state index in [1.165, 1.54) is 18.2 Å². The quantitative estimate of drug-likeness (QED) is 0.369. The van der Waals surface area contributed by atoms with Gasteiger partial charge in [-0.05, 0) is 45.8 Å². The number of hydrogen-bond donors (Lipinski definition) is 0. The number of allylic oxidation sites excluding steroid dienone is 5. The Morgan fingerprint density at radius 3 is 1.94 bits per heavy atom. The maximum atomic E-state index is 13.3. The maximum Gasteiger partial charge on any atom is 0.410 e. The summed E-state index contributed by atoms with van der Waals surface area (Å²) in [6.45, 7) is 26.1. The Morgan fingerprint density at radius 2 is 1.50 bits per heavy atom. The van der Waals surface area contributed by atoms with E-state index in [2.05, 4.69) is 13.2 Å². The van der Waals surface area contributed by atoms with Crippen LogP contribution in [0.2, 0.25) is 0 Å². The average molecular weight is 517 g/mol. The number of nitrogens with zero attached hydrogens (tertiary/aromatic N) is 2. The van der Waals surface area contributed by atoms with Crippen molar-refractivity contribution in [3.8, 4) is 0 Å². The Morgan fingerprint density at radius 1 is 0.971 bits per heavy atom. The molecule has 2 aliphatic heterocycles. The van der Waals surface area contributed by atoms with Crippen LogP contribution in [-0.4, -0.2) is 59.6 Å². The van der Waals surface area contributed by atoms with E-state index in [0.29, 0.717) is 32.5 Å². The molecule has 0 unspecified atom stereocenters. The van der Waals surface area contributed by atoms with Gasteiger partial charge in [-0.15, -0.1) is 11.8 Å². The first-order chi connectivity index (χ1) is 16.1. The van der Waals surface area contributed by atoms with Crippen molar-refractivity contribution in [3.63, 3.8) is 0 Å². The number of sulfonamides is 1. The van der Waals surface area contributed by atoms with Gasteiger partial charge in [-0.1, -0.05) is 72.9 Å². The van der Waals surface area contributed by atoms with E-state index in [1.807, 2.05) is 62.3 Å². The van der Waals surface area contributed by atoms with Crippen molar-refractivity contribution in [2.75, 3.05) is 25.4 Å². The lowest BCUT2D eigenvalue weighted by Gasteiger charge is -2.43. The van der Waals surface area contributed by atoms with Gasteiger partial charge in [0.25, 0.3) is 0 Å². The van der Waals surface area contributed by atoms with Crippen molar-refractivity contribution in [1.82, 2.24) is 9.21 Å². The van der Waals surface area contributed by atoms with E-state index < -0.39 is 20.5 Å². The molecular formula is C26H48N2O4S2. The zero-order valence-corrected chi connectivity index (χ0v) is 24.5. The first kappa shape index (κ1) is 34.7. The molecule has 0 aromatic rings. The highest BCUT2D eigenvalue weighted by atomic mass is 32.2. The number of rotatable bonds is 5. The molecule has 2 heterocycles. The summed E-state index contributed by atoms with van der Waals surface area (Å²) >= 11 is 1.66. The van der Waals surface area contributed by atoms with Crippen LogP contribution in [0.3, 0.4) is 0 Å². The molecule has 0 N–H and O–H groups in total. The van der Waals surface area contributed by atoms with E-state index in [9.17, 15) is 13.2 Å². The van der Waals surface area contributed by atoms with Gasteiger partial charge in [0, 0.05) is 25.4 Å². The molecule has 2 aliphatic rings. The smallest absolute Gasteiger partial charge is 0.410 e. The van der Waals surface area contributed by atoms with Crippen LogP contribution in [0.25, 0.3) is 0 Å². The lowest BCUT2D eigenvalue weighted by molar-refractivity contribution is 0.0167. The normalized spacial score (nSPS) is 18.0. The molecule has 198 valence electrons. The number of piperidine rings is 1. The monoisotopic (exact) mass is 516 g/mol. The number of hydrogen-bond acceptors (Lipinski definition) is 5. The summed E-state index contributed by atoms with van der Waals surface area (Å²) in [5.74, 6) is 0.734. The third-order valence-electron chi connectivity index (χ3n) is 4.58. The van der Waals surface area contributed by atoms with Crippen molar-refractivity contribution in [3.05, 3.63) is 48.4 Å². The molecule has 0 aliphatic carbocycles. The molecule has 0 bridgehead atoms. The van der Waals surface area contributed by atoms with Crippen molar-refractivity contribution in [2.24, 2.45) is 0 Å². The van der Waals surface area contributed by atoms with Crippen LogP contribution in [0.1, 0.15) is 75.2 Å². The molecule has 2 fully saturated rings. The highest BCUT2D eigenvalue weighted by molar-refractivity contribution is 8.02. The molecule has 2 rings (SSSR count). The minimum absolute atomic E-state index is 0.193. The van der Waals surface area contributed by atoms with Crippen LogP contribution < -0.4 is 0 Å². The SMILES string of the molecule is C=C/C=C\C(=C/C=C)S(=O)(=O)N1CCSC12CCN(C(=O)OC(C)(C)C)CC2.CC.CC.CC. The number of amides is 1. The predicted molar refractivity (Wildman–Crippen MR) is 150 cm³/mol. The molecule has 2 saturated heterocycles. The van der Waals surface area contributed by atoms with Crippen LogP contribution in [0, 0.1) is 0 Å². The van der Waals surface area contributed by atoms with Crippen molar-refractivity contribution in [2.45, 2.75) is 85.6 Å². The van der Waals surface area contributed by atoms with Gasteiger partial charge in [-0.2, -0.15) is 4.31 Å². The number of carbonyl (C=O) groups is 1. The van der Waals surface area contributed by atoms with Crippen LogP contribution in [0.4, 0.5) is 4.79 Å². The lowest BCUT2D eigenvalue weighted by atomic mass is 10.0. The van der Waals surface area contributed by atoms with Gasteiger partial charge in [0.15, 0.2) is 0 Å². The Labute approximate surface area is 214 Å². The lowest BCUT2D eigenvalue weighted by Crippen LogP contribution is -2.54. The molecule has 1 amide bonds. The summed E-state index contributed by atoms with van der Waals surface area (Å²) in [6, 6.07) is 0. The molecule has 34 heavy (non-hydrogen) atoms. The second kappa shape index (κ2) is 17.0. The van der Waals surface area contributed by atoms with Crippen LogP contribution >= 0.6 is 11.8 Å². The third-order valence-corrected chi connectivity index (χ3v) is 8.23. The topological polar surface area (TPSA) is 66.9 Å². The summed E-state index contributed by atoms with van der Waals surface area (Å²) < 4.78 is 33.7. The first-order valence-electron chi connectivity index (χ1n) is 12.3. The molecule has 6 nitrogen and oxygen atoms in total. The van der Waals surface area contributed by atoms with Gasteiger partial charge in [0.1, 0.15) is 5.60 Å². The van der Waals surface area contributed by atoms with Crippen LogP contribution in [0.15, 0.2) is 48.4 Å². The molecule has 1 spiro atoms. The fourth-order valence-electron chi connectivity index (χ4n) is 3.33. The van der Waals surface area contributed by atoms with Gasteiger partial charge in [-0.3, -0.25) is 0 Å². The molecule has 0 saturated carbocycles. The molecule has 0 aromatic carbocycles. The highest BCUT2D eigenvalue weighted by Crippen LogP contribution is 2.46. The summed E-state index contributed by atoms with van der Waals surface area (Å²) in [6.07, 6.45) is 8.46. The van der Waals surface area contributed by atoms with Gasteiger partial charge in [-0.25, -0.2) is 13.2 Å². The van der Waals surface area contributed by atoms with Crippen LogP contribution in [-0.2, 0) is 14.8 Å². The maximum absolute atomic E-state index is 13.3. The van der Waals surface area contributed by atoms with Crippen LogP contribution in [0.5, 0.6) is 0 Å². The van der Waals surface area contributed by atoms with Gasteiger partial charge in [0.2, 0.25) is 10.0 Å². The Hall–Kier alpha value is -1.51. The number of likely N-dealkylation sites (tertiary alicyclic amines) is 1. The average Bonchev–Trinajstić information content (AvgIpc) is 3.23. The number of thioether (sulfide) groups is 1. The third kappa shape index (κ3) is 10.0. The molecule has 0 radical (unpaired) electrons. The molecule has 0 atom stereocenters. The minimum Gasteiger partial charge on any atom is -0.444 e. The predicted octanol–water partition coefficient (Wildman–Crippen LogP) is 6.98. The Bertz CT molecular complexity index is 773. The number of ether oxygens (including phenoxy) is 1. The zero-order chi connectivity index (χ0) is 27.0. The zero-order valence-electron chi connectivity index (χ0n) is 22.9. The largest absolute Gasteiger partial charge is 0.444 e. The minimum atomic E-state index is -3.68. The van der Waals surface area contributed by atoms with Gasteiger partial charge < -0.3 is 9.64 Å².